The Morgan fingerprint density at radius 2 is 1.02 bits per heavy atom. The molecule has 11 nitrogen and oxygen atoms in total. The van der Waals surface area contributed by atoms with Crippen LogP contribution in [0.1, 0.15) is 79.5 Å². The summed E-state index contributed by atoms with van der Waals surface area (Å²) in [5.74, 6) is -2.01. The van der Waals surface area contributed by atoms with Gasteiger partial charge in [-0.3, -0.25) is 9.59 Å². The van der Waals surface area contributed by atoms with E-state index in [1.165, 1.54) is 12.8 Å². The van der Waals surface area contributed by atoms with Crippen molar-refractivity contribution in [3.8, 4) is 0 Å². The van der Waals surface area contributed by atoms with Crippen LogP contribution in [-0.4, -0.2) is 117 Å². The number of carbonyl (C=O) groups is 2. The van der Waals surface area contributed by atoms with E-state index in [0.29, 0.717) is 52.1 Å². The van der Waals surface area contributed by atoms with Crippen LogP contribution in [0.5, 0.6) is 0 Å². The van der Waals surface area contributed by atoms with Crippen molar-refractivity contribution in [3.05, 3.63) is 0 Å². The van der Waals surface area contributed by atoms with Crippen LogP contribution in [0.4, 0.5) is 0 Å². The molecular formula is C28H52AlLiO11. The van der Waals surface area contributed by atoms with Gasteiger partial charge in [-0.1, -0.05) is 0 Å². The maximum absolute atomic E-state index is 12.2. The van der Waals surface area contributed by atoms with Crippen LogP contribution in [0.2, 0.25) is 0 Å². The van der Waals surface area contributed by atoms with E-state index in [4.69, 9.17) is 33.2 Å². The third-order valence-electron chi connectivity index (χ3n) is 8.40. The van der Waals surface area contributed by atoms with Gasteiger partial charge in [-0.25, -0.2) is 0 Å². The summed E-state index contributed by atoms with van der Waals surface area (Å²) < 4.78 is 37.5. The first kappa shape index (κ1) is 38.8. The minimum absolute atomic E-state index is 0. The van der Waals surface area contributed by atoms with Crippen LogP contribution < -0.4 is 18.9 Å². The van der Waals surface area contributed by atoms with Crippen molar-refractivity contribution in [2.45, 2.75) is 89.6 Å². The van der Waals surface area contributed by atoms with Crippen molar-refractivity contribution in [1.82, 2.24) is 0 Å². The van der Waals surface area contributed by atoms with Gasteiger partial charge in [0, 0.05) is 44.3 Å². The molecule has 5 rings (SSSR count). The number of carbonyl (C=O) groups excluding carboxylic acids is 2. The number of esters is 2. The van der Waals surface area contributed by atoms with E-state index in [0.717, 1.165) is 38.9 Å². The predicted octanol–water partition coefficient (Wildman–Crippen LogP) is -1.58. The summed E-state index contributed by atoms with van der Waals surface area (Å²) >= 11 is 0. The number of hydrogen-bond acceptors (Lipinski definition) is 11. The maximum atomic E-state index is 12.2. The molecule has 0 aromatic carbocycles. The van der Waals surface area contributed by atoms with Crippen molar-refractivity contribution < 1.29 is 73.2 Å². The van der Waals surface area contributed by atoms with Crippen molar-refractivity contribution in [2.75, 3.05) is 66.1 Å². The van der Waals surface area contributed by atoms with Crippen molar-refractivity contribution >= 4 is 29.3 Å². The zero-order chi connectivity index (χ0) is 28.2. The van der Waals surface area contributed by atoms with Crippen LogP contribution in [0.15, 0.2) is 0 Å². The second kappa shape index (κ2) is 18.6. The van der Waals surface area contributed by atoms with Gasteiger partial charge >= 0.3 is 30.8 Å². The third-order valence-corrected chi connectivity index (χ3v) is 8.40. The smallest absolute Gasteiger partial charge is 1.00 e. The Kier molecular flexibility index (Phi) is 17.6. The molecule has 0 atom stereocenters. The van der Waals surface area contributed by atoms with Crippen LogP contribution >= 0.6 is 0 Å². The van der Waals surface area contributed by atoms with Crippen molar-refractivity contribution in [3.63, 3.8) is 0 Å². The molecule has 2 aliphatic carbocycles. The first-order valence-electron chi connectivity index (χ1n) is 14.5. The van der Waals surface area contributed by atoms with Gasteiger partial charge in [0.15, 0.2) is 34.4 Å². The van der Waals surface area contributed by atoms with Crippen LogP contribution in [0, 0.1) is 10.8 Å². The fourth-order valence-corrected chi connectivity index (χ4v) is 5.70. The average Bonchev–Trinajstić information content (AvgIpc) is 3.76. The number of ether oxygens (including phenoxy) is 7. The second-order valence-corrected chi connectivity index (χ2v) is 10.9. The fraction of sp³-hybridized carbons (Fsp3) is 0.929. The zero-order valence-corrected chi connectivity index (χ0v) is 24.7. The SMILES string of the molecule is C1CCOC1.CCOC(=O)C1(C(=O)OCC)CCC2(CC1)OCCO2.OCC1(CO)CCC2(CC1)OCCO2.[AlH3].[H-].[Li+]. The van der Waals surface area contributed by atoms with Gasteiger partial charge < -0.3 is 44.8 Å². The van der Waals surface area contributed by atoms with Crippen molar-refractivity contribution in [2.24, 2.45) is 10.8 Å². The Morgan fingerprint density at radius 1 is 0.659 bits per heavy atom. The topological polar surface area (TPSA) is 139 Å². The first-order valence-corrected chi connectivity index (χ1v) is 14.5. The molecule has 5 fully saturated rings. The molecule has 3 aliphatic heterocycles. The van der Waals surface area contributed by atoms with Gasteiger partial charge in [0.05, 0.1) is 52.9 Å². The Morgan fingerprint density at radius 3 is 1.32 bits per heavy atom. The van der Waals surface area contributed by atoms with E-state index in [9.17, 15) is 19.8 Å². The van der Waals surface area contributed by atoms with Crippen LogP contribution in [-0.2, 0) is 42.7 Å². The first-order chi connectivity index (χ1) is 18.8. The Labute approximate surface area is 268 Å². The number of hydrogen-bond donors (Lipinski definition) is 2. The monoisotopic (exact) mass is 598 g/mol. The maximum Gasteiger partial charge on any atom is 1.00 e. The second-order valence-electron chi connectivity index (χ2n) is 10.9. The predicted molar refractivity (Wildman–Crippen MR) is 150 cm³/mol. The Balaban J connectivity index is 0.000000666. The van der Waals surface area contributed by atoms with Gasteiger partial charge in [0.1, 0.15) is 0 Å². The van der Waals surface area contributed by atoms with Gasteiger partial charge in [0.2, 0.25) is 0 Å². The largest absolute Gasteiger partial charge is 1.00 e. The van der Waals surface area contributed by atoms with Gasteiger partial charge in [-0.2, -0.15) is 0 Å². The molecule has 41 heavy (non-hydrogen) atoms. The molecule has 0 amide bonds. The number of aliphatic hydroxyl groups excluding tert-OH is 2. The minimum Gasteiger partial charge on any atom is -1.00 e. The molecule has 13 heteroatoms. The summed E-state index contributed by atoms with van der Waals surface area (Å²) in [5.41, 5.74) is -1.51. The van der Waals surface area contributed by atoms with Gasteiger partial charge in [-0.05, 0) is 52.4 Å². The third kappa shape index (κ3) is 10.2. The molecule has 2 spiro atoms. The van der Waals surface area contributed by atoms with Crippen LogP contribution in [0.25, 0.3) is 0 Å². The Hall–Kier alpha value is -0.210. The van der Waals surface area contributed by atoms with E-state index in [2.05, 4.69) is 0 Å². The molecule has 0 bridgehead atoms. The van der Waals surface area contributed by atoms with Gasteiger partial charge in [-0.15, -0.1) is 0 Å². The molecule has 0 radical (unpaired) electrons. The van der Waals surface area contributed by atoms with E-state index < -0.39 is 28.9 Å². The van der Waals surface area contributed by atoms with E-state index in [1.807, 2.05) is 0 Å². The summed E-state index contributed by atoms with van der Waals surface area (Å²) in [6, 6.07) is 0. The fourth-order valence-electron chi connectivity index (χ4n) is 5.70. The van der Waals surface area contributed by atoms with E-state index in [1.54, 1.807) is 13.8 Å². The molecule has 0 aromatic heterocycles. The molecular weight excluding hydrogens is 546 g/mol. The van der Waals surface area contributed by atoms with E-state index in [-0.39, 0.29) is 69.5 Å². The molecule has 3 saturated heterocycles. The molecule has 2 saturated carbocycles. The number of rotatable bonds is 6. The summed E-state index contributed by atoms with van der Waals surface area (Å²) in [6.07, 6.45) is 7.37. The van der Waals surface area contributed by atoms with Crippen LogP contribution in [0.3, 0.4) is 0 Å². The molecule has 0 aromatic rings. The molecule has 3 heterocycles. The normalized spacial score (nSPS) is 24.5. The molecule has 2 N–H and O–H groups in total. The molecule has 0 unspecified atom stereocenters. The standard InChI is InChI=1S/C14H22O6.C10H18O4.C4H8O.Al.Li.4H/c1-3-17-11(15)13(12(16)18-4-2)5-7-14(8-6-13)19-9-10-20-14;11-7-9(8-12)1-3-10(4-2-9)13-5-6-14-10;1-2-4-5-3-1;;;;;;/h3-10H2,1-2H3;11-12H,1-8H2;1-4H2;;;;;;/q;;;;+1;;;;-1. The number of aliphatic hydroxyl groups is 2. The summed E-state index contributed by atoms with van der Waals surface area (Å²) in [7, 11) is 0. The Bertz CT molecular complexity index is 715. The molecule has 5 aliphatic rings. The summed E-state index contributed by atoms with van der Waals surface area (Å²) in [4.78, 5) is 24.5. The zero-order valence-electron chi connectivity index (χ0n) is 25.7. The average molecular weight is 599 g/mol. The minimum atomic E-state index is -1.20. The molecule has 234 valence electrons. The summed E-state index contributed by atoms with van der Waals surface area (Å²) in [5, 5.41) is 18.5. The van der Waals surface area contributed by atoms with E-state index >= 15 is 0 Å². The van der Waals surface area contributed by atoms with Gasteiger partial charge in [0.25, 0.3) is 0 Å². The van der Waals surface area contributed by atoms with Crippen molar-refractivity contribution in [1.29, 1.82) is 0 Å². The quantitative estimate of drug-likeness (QED) is 0.208. The summed E-state index contributed by atoms with van der Waals surface area (Å²) in [6.45, 7) is 8.53.